The molecule has 0 atom stereocenters. The Balaban J connectivity index is 2.53. The van der Waals surface area contributed by atoms with E-state index in [0.29, 0.717) is 11.7 Å². The maximum absolute atomic E-state index is 5.15. The second-order valence-electron chi connectivity index (χ2n) is 3.08. The monoisotopic (exact) mass is 205 g/mol. The van der Waals surface area contributed by atoms with E-state index < -0.39 is 0 Å². The molecule has 0 fully saturated rings. The van der Waals surface area contributed by atoms with Crippen molar-refractivity contribution < 1.29 is 4.74 Å². The number of nitrogens with one attached hydrogen (secondary N) is 1. The Morgan fingerprint density at radius 1 is 1.53 bits per heavy atom. The van der Waals surface area contributed by atoms with E-state index in [1.165, 1.54) is 0 Å². The fourth-order valence-electron chi connectivity index (χ4n) is 1.14. The summed E-state index contributed by atoms with van der Waals surface area (Å²) in [6.07, 6.45) is 6.86. The largest absolute Gasteiger partial charge is 0.481 e. The molecule has 1 aromatic heterocycles. The van der Waals surface area contributed by atoms with Gasteiger partial charge in [-0.05, 0) is 13.3 Å². The van der Waals surface area contributed by atoms with Crippen molar-refractivity contribution in [3.8, 4) is 18.2 Å². The molecule has 0 aliphatic rings. The fourth-order valence-corrected chi connectivity index (χ4v) is 1.14. The number of unbranched alkanes of at least 4 members (excludes halogenated alkanes) is 1. The van der Waals surface area contributed by atoms with Crippen LogP contribution in [0.4, 0.5) is 5.82 Å². The molecule has 1 heterocycles. The molecule has 1 N–H and O–H groups in total. The van der Waals surface area contributed by atoms with E-state index in [0.717, 1.165) is 25.2 Å². The van der Waals surface area contributed by atoms with Crippen LogP contribution in [0.1, 0.15) is 18.7 Å². The van der Waals surface area contributed by atoms with Gasteiger partial charge in [-0.15, -0.1) is 12.3 Å². The van der Waals surface area contributed by atoms with Gasteiger partial charge in [0.1, 0.15) is 11.6 Å². The number of anilines is 1. The molecule has 0 bridgehead atoms. The zero-order valence-corrected chi connectivity index (χ0v) is 9.08. The molecule has 0 spiro atoms. The zero-order valence-electron chi connectivity index (χ0n) is 9.08. The zero-order chi connectivity index (χ0) is 11.1. The summed E-state index contributed by atoms with van der Waals surface area (Å²) in [4.78, 5) is 8.32. The van der Waals surface area contributed by atoms with Gasteiger partial charge in [-0.2, -0.15) is 4.98 Å². The fraction of sp³-hybridized carbons (Fsp3) is 0.455. The molecule has 0 saturated carbocycles. The number of aromatic nitrogens is 2. The standard InChI is InChI=1S/C11H15N3O/c1-4-5-6-7-12-10-8-11(15-3)14-9(2)13-10/h1,8H,5-7H2,2-3H3,(H,12,13,14). The van der Waals surface area contributed by atoms with Gasteiger partial charge in [0.25, 0.3) is 0 Å². The highest BCUT2D eigenvalue weighted by Crippen LogP contribution is 2.12. The molecular weight excluding hydrogens is 190 g/mol. The minimum absolute atomic E-state index is 0.571. The number of methoxy groups -OCH3 is 1. The Morgan fingerprint density at radius 3 is 3.00 bits per heavy atom. The minimum atomic E-state index is 0.571. The third-order valence-corrected chi connectivity index (χ3v) is 1.83. The van der Waals surface area contributed by atoms with E-state index in [4.69, 9.17) is 11.2 Å². The first-order valence-electron chi connectivity index (χ1n) is 4.83. The van der Waals surface area contributed by atoms with Crippen molar-refractivity contribution in [3.05, 3.63) is 11.9 Å². The average Bonchev–Trinajstić information content (AvgIpc) is 2.23. The lowest BCUT2D eigenvalue weighted by Crippen LogP contribution is -2.05. The number of hydrogen-bond donors (Lipinski definition) is 1. The first-order valence-corrected chi connectivity index (χ1v) is 4.83. The van der Waals surface area contributed by atoms with Crippen LogP contribution < -0.4 is 10.1 Å². The van der Waals surface area contributed by atoms with Crippen molar-refractivity contribution in [2.75, 3.05) is 19.0 Å². The van der Waals surface area contributed by atoms with Crippen molar-refractivity contribution in [1.82, 2.24) is 9.97 Å². The number of terminal acetylenes is 1. The van der Waals surface area contributed by atoms with E-state index >= 15 is 0 Å². The number of hydrogen-bond acceptors (Lipinski definition) is 4. The first-order chi connectivity index (χ1) is 7.26. The Kier molecular flexibility index (Phi) is 4.42. The van der Waals surface area contributed by atoms with Crippen LogP contribution in [0, 0.1) is 19.3 Å². The van der Waals surface area contributed by atoms with E-state index in [9.17, 15) is 0 Å². The minimum Gasteiger partial charge on any atom is -0.481 e. The Morgan fingerprint density at radius 2 is 2.33 bits per heavy atom. The van der Waals surface area contributed by atoms with Crippen LogP contribution in [0.2, 0.25) is 0 Å². The van der Waals surface area contributed by atoms with Crippen LogP contribution in [-0.2, 0) is 0 Å². The van der Waals surface area contributed by atoms with Gasteiger partial charge in [-0.3, -0.25) is 0 Å². The molecule has 15 heavy (non-hydrogen) atoms. The van der Waals surface area contributed by atoms with Gasteiger partial charge in [0, 0.05) is 19.0 Å². The lowest BCUT2D eigenvalue weighted by atomic mass is 10.3. The quantitative estimate of drug-likeness (QED) is 0.586. The summed E-state index contributed by atoms with van der Waals surface area (Å²) in [5.41, 5.74) is 0. The van der Waals surface area contributed by atoms with Crippen LogP contribution in [0.15, 0.2) is 6.07 Å². The van der Waals surface area contributed by atoms with Crippen molar-refractivity contribution in [2.24, 2.45) is 0 Å². The Hall–Kier alpha value is -1.76. The molecule has 0 aliphatic carbocycles. The number of ether oxygens (including phenoxy) is 1. The third kappa shape index (κ3) is 3.86. The summed E-state index contributed by atoms with van der Waals surface area (Å²) >= 11 is 0. The molecule has 80 valence electrons. The van der Waals surface area contributed by atoms with Gasteiger partial charge in [0.15, 0.2) is 0 Å². The first kappa shape index (κ1) is 11.3. The molecule has 4 nitrogen and oxygen atoms in total. The normalized spacial score (nSPS) is 9.40. The van der Waals surface area contributed by atoms with Crippen LogP contribution in [0.25, 0.3) is 0 Å². The van der Waals surface area contributed by atoms with Gasteiger partial charge < -0.3 is 10.1 Å². The van der Waals surface area contributed by atoms with Crippen LogP contribution in [-0.4, -0.2) is 23.6 Å². The highest BCUT2D eigenvalue weighted by Gasteiger charge is 2.00. The third-order valence-electron chi connectivity index (χ3n) is 1.83. The van der Waals surface area contributed by atoms with Crippen LogP contribution >= 0.6 is 0 Å². The molecule has 0 amide bonds. The van der Waals surface area contributed by atoms with Gasteiger partial charge in [-0.25, -0.2) is 4.98 Å². The summed E-state index contributed by atoms with van der Waals surface area (Å²) < 4.78 is 5.04. The summed E-state index contributed by atoms with van der Waals surface area (Å²) in [5, 5.41) is 3.17. The highest BCUT2D eigenvalue weighted by atomic mass is 16.5. The van der Waals surface area contributed by atoms with Gasteiger partial charge in [0.2, 0.25) is 5.88 Å². The predicted molar refractivity (Wildman–Crippen MR) is 59.9 cm³/mol. The molecule has 0 unspecified atom stereocenters. The molecule has 0 saturated heterocycles. The molecular formula is C11H15N3O. The molecule has 4 heteroatoms. The van der Waals surface area contributed by atoms with Crippen molar-refractivity contribution in [3.63, 3.8) is 0 Å². The maximum Gasteiger partial charge on any atom is 0.218 e. The summed E-state index contributed by atoms with van der Waals surface area (Å²) in [7, 11) is 1.59. The molecule has 1 rings (SSSR count). The van der Waals surface area contributed by atoms with Gasteiger partial charge in [0.05, 0.1) is 7.11 Å². The molecule has 0 aliphatic heterocycles. The van der Waals surface area contributed by atoms with E-state index in [2.05, 4.69) is 21.2 Å². The molecule has 0 radical (unpaired) electrons. The Labute approximate surface area is 90.1 Å². The average molecular weight is 205 g/mol. The topological polar surface area (TPSA) is 47.0 Å². The predicted octanol–water partition coefficient (Wildman–Crippen LogP) is 1.62. The van der Waals surface area contributed by atoms with Gasteiger partial charge >= 0.3 is 0 Å². The van der Waals surface area contributed by atoms with Crippen molar-refractivity contribution >= 4 is 5.82 Å². The van der Waals surface area contributed by atoms with E-state index in [1.807, 2.05) is 6.92 Å². The van der Waals surface area contributed by atoms with Crippen molar-refractivity contribution in [2.45, 2.75) is 19.8 Å². The Bertz CT molecular complexity index is 357. The number of rotatable bonds is 5. The lowest BCUT2D eigenvalue weighted by molar-refractivity contribution is 0.396. The van der Waals surface area contributed by atoms with Crippen LogP contribution in [0.5, 0.6) is 5.88 Å². The lowest BCUT2D eigenvalue weighted by Gasteiger charge is -2.06. The maximum atomic E-state index is 5.15. The SMILES string of the molecule is C#CCCCNc1cc(OC)nc(C)n1. The van der Waals surface area contributed by atoms with Crippen LogP contribution in [0.3, 0.4) is 0 Å². The van der Waals surface area contributed by atoms with E-state index in [1.54, 1.807) is 13.2 Å². The van der Waals surface area contributed by atoms with E-state index in [-0.39, 0.29) is 0 Å². The summed E-state index contributed by atoms with van der Waals surface area (Å²) in [6.45, 7) is 2.64. The smallest absolute Gasteiger partial charge is 0.218 e. The van der Waals surface area contributed by atoms with Gasteiger partial charge in [-0.1, -0.05) is 0 Å². The number of nitrogens with zero attached hydrogens (tertiary/aromatic N) is 2. The molecule has 0 aromatic carbocycles. The number of aryl methyl sites for hydroxylation is 1. The van der Waals surface area contributed by atoms with Crippen molar-refractivity contribution in [1.29, 1.82) is 0 Å². The highest BCUT2D eigenvalue weighted by molar-refractivity contribution is 5.38. The molecule has 1 aromatic rings. The second kappa shape index (κ2) is 5.86. The summed E-state index contributed by atoms with van der Waals surface area (Å²) in [6, 6.07) is 1.77. The second-order valence-corrected chi connectivity index (χ2v) is 3.08. The summed E-state index contributed by atoms with van der Waals surface area (Å²) in [5.74, 6) is 4.62.